The normalized spacial score (nSPS) is 21.3. The van der Waals surface area contributed by atoms with Crippen molar-refractivity contribution in [2.24, 2.45) is 11.8 Å². The fourth-order valence-electron chi connectivity index (χ4n) is 4.43. The Morgan fingerprint density at radius 1 is 1.14 bits per heavy atom. The molecule has 3 fully saturated rings. The summed E-state index contributed by atoms with van der Waals surface area (Å²) in [4.78, 5) is 30.2. The highest BCUT2D eigenvalue weighted by atomic mass is 35.5. The van der Waals surface area contributed by atoms with Crippen molar-refractivity contribution >= 4 is 23.4 Å². The van der Waals surface area contributed by atoms with E-state index in [1.807, 2.05) is 4.90 Å². The van der Waals surface area contributed by atoms with Crippen molar-refractivity contribution in [3.05, 3.63) is 28.8 Å². The maximum Gasteiger partial charge on any atom is 0.257 e. The largest absolute Gasteiger partial charge is 0.496 e. The van der Waals surface area contributed by atoms with E-state index in [4.69, 9.17) is 16.3 Å². The van der Waals surface area contributed by atoms with Crippen LogP contribution in [0.15, 0.2) is 18.2 Å². The first-order chi connectivity index (χ1) is 13.5. The molecular formula is C22H29ClN2O3. The number of rotatable bonds is 6. The summed E-state index contributed by atoms with van der Waals surface area (Å²) < 4.78 is 5.32. The van der Waals surface area contributed by atoms with Gasteiger partial charge >= 0.3 is 0 Å². The lowest BCUT2D eigenvalue weighted by molar-refractivity contribution is -0.140. The number of amides is 2. The summed E-state index contributed by atoms with van der Waals surface area (Å²) in [5, 5.41) is 0.517. The van der Waals surface area contributed by atoms with Crippen LogP contribution in [0.2, 0.25) is 5.02 Å². The van der Waals surface area contributed by atoms with Crippen LogP contribution in [0.3, 0.4) is 0 Å². The van der Waals surface area contributed by atoms with E-state index in [0.717, 1.165) is 25.7 Å². The maximum absolute atomic E-state index is 13.2. The molecule has 0 aromatic heterocycles. The molecule has 1 aromatic carbocycles. The Balaban J connectivity index is 1.39. The van der Waals surface area contributed by atoms with Crippen LogP contribution in [0, 0.1) is 11.8 Å². The summed E-state index contributed by atoms with van der Waals surface area (Å²) in [7, 11) is 1.55. The first kappa shape index (κ1) is 19.6. The molecule has 2 aliphatic carbocycles. The van der Waals surface area contributed by atoms with Crippen LogP contribution < -0.4 is 4.74 Å². The quantitative estimate of drug-likeness (QED) is 0.720. The van der Waals surface area contributed by atoms with Gasteiger partial charge in [-0.15, -0.1) is 0 Å². The standard InChI is InChI=1S/C22H29ClN2O3/c1-14(15-3-4-15)25(18-6-7-18)21(26)16-9-11-24(12-10-16)22(27)19-13-17(23)5-8-20(19)28-2/h5,8,13-16,18H,3-4,6-7,9-12H2,1-2H3. The first-order valence-corrected chi connectivity index (χ1v) is 10.8. The van der Waals surface area contributed by atoms with E-state index < -0.39 is 0 Å². The number of piperidine rings is 1. The highest BCUT2D eigenvalue weighted by Gasteiger charge is 2.44. The average Bonchev–Trinajstić information content (AvgIpc) is 3.60. The molecule has 1 unspecified atom stereocenters. The lowest BCUT2D eigenvalue weighted by Gasteiger charge is -2.37. The highest BCUT2D eigenvalue weighted by Crippen LogP contribution is 2.41. The van der Waals surface area contributed by atoms with Crippen molar-refractivity contribution in [3.8, 4) is 5.75 Å². The number of carbonyl (C=O) groups is 2. The Morgan fingerprint density at radius 2 is 1.82 bits per heavy atom. The zero-order valence-corrected chi connectivity index (χ0v) is 17.5. The molecule has 0 radical (unpaired) electrons. The van der Waals surface area contributed by atoms with E-state index in [9.17, 15) is 9.59 Å². The molecule has 1 heterocycles. The minimum atomic E-state index is -0.0735. The smallest absolute Gasteiger partial charge is 0.257 e. The van der Waals surface area contributed by atoms with Gasteiger partial charge in [-0.05, 0) is 69.6 Å². The van der Waals surface area contributed by atoms with Gasteiger partial charge in [-0.25, -0.2) is 0 Å². The monoisotopic (exact) mass is 404 g/mol. The van der Waals surface area contributed by atoms with Gasteiger partial charge in [0.05, 0.1) is 12.7 Å². The fraction of sp³-hybridized carbons (Fsp3) is 0.636. The highest BCUT2D eigenvalue weighted by molar-refractivity contribution is 6.31. The molecular weight excluding hydrogens is 376 g/mol. The Kier molecular flexibility index (Phi) is 5.55. The summed E-state index contributed by atoms with van der Waals surface area (Å²) in [6.07, 6.45) is 6.27. The summed E-state index contributed by atoms with van der Waals surface area (Å²) in [5.74, 6) is 1.50. The topological polar surface area (TPSA) is 49.9 Å². The van der Waals surface area contributed by atoms with E-state index in [0.29, 0.717) is 53.3 Å². The average molecular weight is 405 g/mol. The van der Waals surface area contributed by atoms with E-state index >= 15 is 0 Å². The second-order valence-electron chi connectivity index (χ2n) is 8.47. The lowest BCUT2D eigenvalue weighted by atomic mass is 9.93. The number of halogens is 1. The van der Waals surface area contributed by atoms with Gasteiger partial charge in [-0.3, -0.25) is 9.59 Å². The molecule has 1 aliphatic heterocycles. The molecule has 0 bridgehead atoms. The summed E-state index contributed by atoms with van der Waals surface area (Å²) in [6.45, 7) is 3.42. The minimum Gasteiger partial charge on any atom is -0.496 e. The molecule has 1 saturated heterocycles. The number of likely N-dealkylation sites (tertiary alicyclic amines) is 1. The van der Waals surface area contributed by atoms with Gasteiger partial charge in [0.25, 0.3) is 5.91 Å². The van der Waals surface area contributed by atoms with Crippen LogP contribution >= 0.6 is 11.6 Å². The van der Waals surface area contributed by atoms with Crippen molar-refractivity contribution in [1.29, 1.82) is 0 Å². The Bertz CT molecular complexity index is 752. The van der Waals surface area contributed by atoms with Crippen molar-refractivity contribution in [2.45, 2.75) is 57.5 Å². The van der Waals surface area contributed by atoms with Crippen LogP contribution in [0.4, 0.5) is 0 Å². The molecule has 1 atom stereocenters. The van der Waals surface area contributed by atoms with Gasteiger partial charge in [-0.2, -0.15) is 0 Å². The Labute approximate surface area is 172 Å². The van der Waals surface area contributed by atoms with E-state index in [1.54, 1.807) is 25.3 Å². The number of hydrogen-bond acceptors (Lipinski definition) is 3. The summed E-state index contributed by atoms with van der Waals surface area (Å²) >= 11 is 6.08. The van der Waals surface area contributed by atoms with Gasteiger partial charge in [0.1, 0.15) is 5.75 Å². The number of ether oxygens (including phenoxy) is 1. The van der Waals surface area contributed by atoms with Crippen LogP contribution in [0.1, 0.15) is 55.8 Å². The minimum absolute atomic E-state index is 0.0344. The zero-order chi connectivity index (χ0) is 19.8. The van der Waals surface area contributed by atoms with Crippen molar-refractivity contribution in [1.82, 2.24) is 9.80 Å². The Hall–Kier alpha value is -1.75. The van der Waals surface area contributed by atoms with Gasteiger partial charge in [0, 0.05) is 36.1 Å². The molecule has 0 N–H and O–H groups in total. The van der Waals surface area contributed by atoms with Gasteiger partial charge in [-0.1, -0.05) is 11.6 Å². The first-order valence-electron chi connectivity index (χ1n) is 10.4. The predicted molar refractivity (Wildman–Crippen MR) is 109 cm³/mol. The van der Waals surface area contributed by atoms with Crippen molar-refractivity contribution in [2.75, 3.05) is 20.2 Å². The number of carbonyl (C=O) groups excluding carboxylic acids is 2. The molecule has 0 spiro atoms. The molecule has 6 heteroatoms. The third kappa shape index (κ3) is 4.00. The fourth-order valence-corrected chi connectivity index (χ4v) is 4.60. The summed E-state index contributed by atoms with van der Waals surface area (Å²) in [5.41, 5.74) is 0.488. The van der Waals surface area contributed by atoms with Gasteiger partial charge in [0.2, 0.25) is 5.91 Å². The lowest BCUT2D eigenvalue weighted by Crippen LogP contribution is -2.48. The molecule has 5 nitrogen and oxygen atoms in total. The van der Waals surface area contributed by atoms with E-state index in [2.05, 4.69) is 11.8 Å². The van der Waals surface area contributed by atoms with E-state index in [-0.39, 0.29) is 11.8 Å². The van der Waals surface area contributed by atoms with E-state index in [1.165, 1.54) is 12.8 Å². The Morgan fingerprint density at radius 3 is 2.39 bits per heavy atom. The van der Waals surface area contributed by atoms with Crippen LogP contribution in [0.25, 0.3) is 0 Å². The zero-order valence-electron chi connectivity index (χ0n) is 16.7. The molecule has 2 amide bonds. The van der Waals surface area contributed by atoms with Gasteiger partial charge < -0.3 is 14.5 Å². The van der Waals surface area contributed by atoms with Crippen LogP contribution in [-0.2, 0) is 4.79 Å². The maximum atomic E-state index is 13.2. The molecule has 4 rings (SSSR count). The molecule has 3 aliphatic rings. The third-order valence-electron chi connectivity index (χ3n) is 6.46. The number of hydrogen-bond donors (Lipinski definition) is 0. The van der Waals surface area contributed by atoms with Crippen molar-refractivity contribution in [3.63, 3.8) is 0 Å². The van der Waals surface area contributed by atoms with Crippen LogP contribution in [0.5, 0.6) is 5.75 Å². The number of methoxy groups -OCH3 is 1. The molecule has 1 aromatic rings. The predicted octanol–water partition coefficient (Wildman–Crippen LogP) is 3.99. The van der Waals surface area contributed by atoms with Gasteiger partial charge in [0.15, 0.2) is 0 Å². The second kappa shape index (κ2) is 7.94. The number of nitrogens with zero attached hydrogens (tertiary/aromatic N) is 2. The number of benzene rings is 1. The molecule has 152 valence electrons. The molecule has 28 heavy (non-hydrogen) atoms. The van der Waals surface area contributed by atoms with Crippen LogP contribution in [-0.4, -0.2) is 53.9 Å². The third-order valence-corrected chi connectivity index (χ3v) is 6.70. The van der Waals surface area contributed by atoms with Crippen molar-refractivity contribution < 1.29 is 14.3 Å². The SMILES string of the molecule is COc1ccc(Cl)cc1C(=O)N1CCC(C(=O)N(C2CC2)C(C)C2CC2)CC1. The second-order valence-corrected chi connectivity index (χ2v) is 8.90. The molecule has 2 saturated carbocycles. The summed E-state index contributed by atoms with van der Waals surface area (Å²) in [6, 6.07) is 5.93.